The van der Waals surface area contributed by atoms with Gasteiger partial charge in [-0.25, -0.2) is 22.9 Å². The number of pyridine rings is 1. The monoisotopic (exact) mass is 472 g/mol. The maximum Gasteiger partial charge on any atom is 0.323 e. The normalized spacial score (nSPS) is 18.1. The van der Waals surface area contributed by atoms with E-state index in [9.17, 15) is 23.1 Å². The van der Waals surface area contributed by atoms with Gasteiger partial charge < -0.3 is 10.0 Å². The smallest absolute Gasteiger partial charge is 0.323 e. The Morgan fingerprint density at radius 1 is 1.39 bits per heavy atom. The first kappa shape index (κ1) is 22.8. The number of nitrogens with one attached hydrogen (secondary N) is 1. The molecular formula is C23H19F3N4O2S. The van der Waals surface area contributed by atoms with Crippen molar-refractivity contribution in [1.29, 1.82) is 0 Å². The van der Waals surface area contributed by atoms with Gasteiger partial charge in [0.1, 0.15) is 17.7 Å². The summed E-state index contributed by atoms with van der Waals surface area (Å²) >= 11 is 1.17. The van der Waals surface area contributed by atoms with Crippen molar-refractivity contribution in [2.24, 2.45) is 0 Å². The largest absolute Gasteiger partial charge is 0.384 e. The van der Waals surface area contributed by atoms with Crippen molar-refractivity contribution in [2.45, 2.75) is 30.4 Å². The van der Waals surface area contributed by atoms with E-state index in [0.717, 1.165) is 6.07 Å². The lowest BCUT2D eigenvalue weighted by Crippen LogP contribution is -2.38. The zero-order chi connectivity index (χ0) is 23.8. The van der Waals surface area contributed by atoms with Crippen molar-refractivity contribution in [2.75, 3.05) is 12.4 Å². The Hall–Kier alpha value is -3.42. The summed E-state index contributed by atoms with van der Waals surface area (Å²) in [6, 6.07) is 6.92. The zero-order valence-corrected chi connectivity index (χ0v) is 18.2. The summed E-state index contributed by atoms with van der Waals surface area (Å²) < 4.78 is 41.7. The number of aliphatic hydroxyl groups excluding tert-OH is 1. The third kappa shape index (κ3) is 4.69. The van der Waals surface area contributed by atoms with Gasteiger partial charge in [0.05, 0.1) is 17.7 Å². The number of aliphatic hydroxyl groups is 1. The number of likely N-dealkylation sites (N-methyl/N-ethyl adjacent to an activating group) is 1. The van der Waals surface area contributed by atoms with Crippen LogP contribution in [0.5, 0.6) is 0 Å². The minimum Gasteiger partial charge on any atom is -0.384 e. The number of urea groups is 1. The summed E-state index contributed by atoms with van der Waals surface area (Å²) in [4.78, 5) is 22.4. The summed E-state index contributed by atoms with van der Waals surface area (Å²) in [6.07, 6.45) is 5.02. The molecule has 3 unspecified atom stereocenters. The van der Waals surface area contributed by atoms with E-state index in [4.69, 9.17) is 6.42 Å². The Labute approximate surface area is 192 Å². The van der Waals surface area contributed by atoms with Gasteiger partial charge in [-0.15, -0.1) is 17.8 Å². The highest BCUT2D eigenvalue weighted by atomic mass is 32.1. The maximum atomic E-state index is 14.3. The van der Waals surface area contributed by atoms with Crippen LogP contribution in [-0.4, -0.2) is 39.0 Å². The van der Waals surface area contributed by atoms with Gasteiger partial charge in [0.15, 0.2) is 5.01 Å². The molecule has 1 aliphatic carbocycles. The highest BCUT2D eigenvalue weighted by molar-refractivity contribution is 7.10. The highest BCUT2D eigenvalue weighted by Crippen LogP contribution is 2.56. The number of halogens is 3. The number of nitrogens with zero attached hydrogens (tertiary/aromatic N) is 3. The Balaban J connectivity index is 1.69. The summed E-state index contributed by atoms with van der Waals surface area (Å²) in [5.74, 6) is -2.37. The van der Waals surface area contributed by atoms with Gasteiger partial charge in [-0.3, -0.25) is 10.3 Å². The van der Waals surface area contributed by atoms with Crippen LogP contribution >= 0.6 is 11.3 Å². The average Bonchev–Trinajstić information content (AvgIpc) is 3.21. The zero-order valence-electron chi connectivity index (χ0n) is 17.4. The molecule has 0 radical (unpaired) electrons. The van der Waals surface area contributed by atoms with Gasteiger partial charge in [-0.05, 0) is 35.2 Å². The second-order valence-electron chi connectivity index (χ2n) is 7.67. The van der Waals surface area contributed by atoms with Crippen molar-refractivity contribution in [3.8, 4) is 12.3 Å². The van der Waals surface area contributed by atoms with Gasteiger partial charge in [0.2, 0.25) is 0 Å². The number of rotatable bonds is 6. The molecule has 0 spiro atoms. The third-order valence-electron chi connectivity index (χ3n) is 5.45. The molecule has 4 rings (SSSR count). The quantitative estimate of drug-likeness (QED) is 0.509. The summed E-state index contributed by atoms with van der Waals surface area (Å²) in [6.45, 7) is 0. The van der Waals surface area contributed by atoms with E-state index in [0.29, 0.717) is 5.01 Å². The van der Waals surface area contributed by atoms with E-state index in [1.807, 2.05) is 0 Å². The van der Waals surface area contributed by atoms with E-state index in [1.165, 1.54) is 41.6 Å². The predicted molar refractivity (Wildman–Crippen MR) is 117 cm³/mol. The van der Waals surface area contributed by atoms with E-state index < -0.39 is 42.3 Å². The minimum absolute atomic E-state index is 0.150. The summed E-state index contributed by atoms with van der Waals surface area (Å²) in [5, 5.41) is 15.7. The van der Waals surface area contributed by atoms with Crippen LogP contribution in [0.25, 0.3) is 0 Å². The fraction of sp³-hybridized carbons (Fsp3) is 0.261. The highest BCUT2D eigenvalue weighted by Gasteiger charge is 2.58. The minimum atomic E-state index is -2.98. The second kappa shape index (κ2) is 8.84. The van der Waals surface area contributed by atoms with Crippen LogP contribution in [0.1, 0.15) is 46.3 Å². The third-order valence-corrected chi connectivity index (χ3v) is 6.23. The van der Waals surface area contributed by atoms with E-state index >= 15 is 0 Å². The number of aromatic nitrogens is 2. The van der Waals surface area contributed by atoms with Crippen LogP contribution in [0.2, 0.25) is 0 Å². The maximum absolute atomic E-state index is 14.3. The molecule has 2 N–H and O–H groups in total. The number of anilines is 1. The van der Waals surface area contributed by atoms with Crippen molar-refractivity contribution in [1.82, 2.24) is 14.9 Å². The molecule has 2 heterocycles. The van der Waals surface area contributed by atoms with Crippen molar-refractivity contribution in [3.05, 3.63) is 75.6 Å². The molecule has 1 aromatic carbocycles. The molecular weight excluding hydrogens is 453 g/mol. The number of terminal acetylenes is 1. The van der Waals surface area contributed by atoms with Crippen LogP contribution in [-0.2, 0) is 0 Å². The molecule has 2 amide bonds. The lowest BCUT2D eigenvalue weighted by Gasteiger charge is -2.32. The Morgan fingerprint density at radius 3 is 2.76 bits per heavy atom. The molecule has 0 saturated heterocycles. The van der Waals surface area contributed by atoms with E-state index in [2.05, 4.69) is 21.2 Å². The van der Waals surface area contributed by atoms with Gasteiger partial charge in [0.25, 0.3) is 5.92 Å². The number of carbonyl (C=O) groups is 1. The number of amides is 2. The SMILES string of the molecule is C#Cc1nc(NC(=O)N(C)C(c2ccc(F)c(C3CC3(F)F)c2)C(O)c2ccccn2)cs1. The Bertz CT molecular complexity index is 1210. The van der Waals surface area contributed by atoms with E-state index in [1.54, 1.807) is 23.6 Å². The molecule has 3 aromatic rings. The lowest BCUT2D eigenvalue weighted by atomic mass is 9.94. The molecule has 1 saturated carbocycles. The molecule has 10 heteroatoms. The molecule has 3 atom stereocenters. The van der Waals surface area contributed by atoms with E-state index in [-0.39, 0.29) is 22.6 Å². The molecule has 0 aliphatic heterocycles. The second-order valence-corrected chi connectivity index (χ2v) is 8.52. The summed E-state index contributed by atoms with van der Waals surface area (Å²) in [5.41, 5.74) is 0.392. The van der Waals surface area contributed by atoms with Crippen molar-refractivity contribution >= 4 is 23.2 Å². The van der Waals surface area contributed by atoms with Crippen molar-refractivity contribution in [3.63, 3.8) is 0 Å². The Morgan fingerprint density at radius 2 is 2.15 bits per heavy atom. The number of hydrogen-bond acceptors (Lipinski definition) is 5. The van der Waals surface area contributed by atoms with Crippen LogP contribution < -0.4 is 5.32 Å². The molecule has 170 valence electrons. The van der Waals surface area contributed by atoms with Crippen LogP contribution in [0, 0.1) is 18.2 Å². The van der Waals surface area contributed by atoms with Crippen LogP contribution in [0.15, 0.2) is 48.0 Å². The van der Waals surface area contributed by atoms with Gasteiger partial charge >= 0.3 is 6.03 Å². The average molecular weight is 472 g/mol. The number of carbonyl (C=O) groups excluding carboxylic acids is 1. The Kier molecular flexibility index (Phi) is 6.10. The first-order valence-electron chi connectivity index (χ1n) is 9.93. The number of thiazole rings is 1. The topological polar surface area (TPSA) is 78.4 Å². The van der Waals surface area contributed by atoms with Crippen LogP contribution in [0.4, 0.5) is 23.8 Å². The standard InChI is InChI=1S/C23H19F3N4O2S/c1-3-19-28-18(12-33-19)29-22(32)30(2)20(21(31)17-6-4-5-9-27-17)13-7-8-16(24)14(10-13)15-11-23(15,25)26/h1,4-10,12,15,20-21,31H,11H2,2H3,(H,29,32). The first-order chi connectivity index (χ1) is 15.7. The number of hydrogen-bond donors (Lipinski definition) is 2. The lowest BCUT2D eigenvalue weighted by molar-refractivity contribution is 0.0766. The molecule has 6 nitrogen and oxygen atoms in total. The predicted octanol–water partition coefficient (Wildman–Crippen LogP) is 4.72. The first-order valence-corrected chi connectivity index (χ1v) is 10.8. The van der Waals surface area contributed by atoms with Gasteiger partial charge in [0, 0.05) is 25.0 Å². The van der Waals surface area contributed by atoms with Crippen molar-refractivity contribution < 1.29 is 23.1 Å². The molecule has 33 heavy (non-hydrogen) atoms. The van der Waals surface area contributed by atoms with Gasteiger partial charge in [-0.1, -0.05) is 18.2 Å². The van der Waals surface area contributed by atoms with Gasteiger partial charge in [-0.2, -0.15) is 0 Å². The van der Waals surface area contributed by atoms with Crippen LogP contribution in [0.3, 0.4) is 0 Å². The summed E-state index contributed by atoms with van der Waals surface area (Å²) in [7, 11) is 1.43. The fourth-order valence-electron chi connectivity index (χ4n) is 3.62. The molecule has 1 aliphatic rings. The number of benzene rings is 1. The number of alkyl halides is 2. The molecule has 2 aromatic heterocycles. The fourth-order valence-corrected chi connectivity index (χ4v) is 4.17. The molecule has 1 fully saturated rings. The molecule has 0 bridgehead atoms.